The van der Waals surface area contributed by atoms with Crippen LogP contribution in [-0.4, -0.2) is 31.0 Å². The Morgan fingerprint density at radius 2 is 1.83 bits per heavy atom. The number of nitrogens with two attached hydrogens (primary N) is 1. The average molecular weight is 363 g/mol. The van der Waals surface area contributed by atoms with E-state index < -0.39 is 48.5 Å². The third-order valence-electron chi connectivity index (χ3n) is 2.69. The Morgan fingerprint density at radius 1 is 1.26 bits per heavy atom. The van der Waals surface area contributed by atoms with Gasteiger partial charge in [0.15, 0.2) is 6.10 Å². The number of amides is 1. The first-order valence-corrected chi connectivity index (χ1v) is 6.25. The van der Waals surface area contributed by atoms with Gasteiger partial charge in [0.1, 0.15) is 5.75 Å². The van der Waals surface area contributed by atoms with E-state index in [2.05, 4.69) is 0 Å². The molecule has 0 aliphatic carbocycles. The molecule has 1 unspecified atom stereocenters. The number of nitrogens with one attached hydrogen (secondary N) is 1. The summed E-state index contributed by atoms with van der Waals surface area (Å²) in [7, 11) is 0. The summed E-state index contributed by atoms with van der Waals surface area (Å²) in [6.07, 6.45) is -6.03. The molecule has 1 aromatic carbocycles. The molecule has 10 heteroatoms. The Bertz CT molecular complexity index is 525. The second-order valence-electron chi connectivity index (χ2n) is 4.53. The standard InChI is InChI=1S/C13H15F5N2O2.ClH/c1-8(11(21)20-7-12(14,15)6-19)22-10-5-3-2-4-9(10)13(16,17)18;/h2-5,8H,6-7,19H2,1H3,(H,20,21);1H. The third kappa shape index (κ3) is 6.57. The van der Waals surface area contributed by atoms with Gasteiger partial charge in [-0.2, -0.15) is 13.2 Å². The molecule has 0 radical (unpaired) electrons. The molecule has 1 atom stereocenters. The van der Waals surface area contributed by atoms with E-state index in [-0.39, 0.29) is 12.4 Å². The molecule has 0 saturated heterocycles. The molecule has 4 nitrogen and oxygen atoms in total. The van der Waals surface area contributed by atoms with Crippen LogP contribution in [0, 0.1) is 0 Å². The summed E-state index contributed by atoms with van der Waals surface area (Å²) in [6.45, 7) is -0.820. The zero-order valence-corrected chi connectivity index (χ0v) is 12.8. The van der Waals surface area contributed by atoms with Crippen LogP contribution >= 0.6 is 12.4 Å². The predicted molar refractivity (Wildman–Crippen MR) is 75.8 cm³/mol. The van der Waals surface area contributed by atoms with Crippen molar-refractivity contribution in [2.75, 3.05) is 13.1 Å². The lowest BCUT2D eigenvalue weighted by Gasteiger charge is -2.20. The summed E-state index contributed by atoms with van der Waals surface area (Å²) >= 11 is 0. The maximum absolute atomic E-state index is 12.9. The Labute approximate surface area is 135 Å². The number of halogens is 6. The van der Waals surface area contributed by atoms with Gasteiger partial charge in [-0.25, -0.2) is 8.78 Å². The third-order valence-corrected chi connectivity index (χ3v) is 2.69. The van der Waals surface area contributed by atoms with Gasteiger partial charge in [-0.3, -0.25) is 4.79 Å². The summed E-state index contributed by atoms with van der Waals surface area (Å²) in [6, 6.07) is 4.31. The topological polar surface area (TPSA) is 64.3 Å². The molecule has 0 aromatic heterocycles. The van der Waals surface area contributed by atoms with Gasteiger partial charge >= 0.3 is 6.18 Å². The highest BCUT2D eigenvalue weighted by atomic mass is 35.5. The first kappa shape index (κ1) is 21.4. The molecular weight excluding hydrogens is 347 g/mol. The van der Waals surface area contributed by atoms with Crippen molar-refractivity contribution in [2.24, 2.45) is 5.73 Å². The molecule has 0 heterocycles. The highest BCUT2D eigenvalue weighted by Gasteiger charge is 2.35. The second-order valence-corrected chi connectivity index (χ2v) is 4.53. The van der Waals surface area contributed by atoms with Crippen LogP contribution in [-0.2, 0) is 11.0 Å². The molecule has 3 N–H and O–H groups in total. The van der Waals surface area contributed by atoms with Crippen LogP contribution in [0.4, 0.5) is 22.0 Å². The largest absolute Gasteiger partial charge is 0.480 e. The van der Waals surface area contributed by atoms with E-state index in [1.807, 2.05) is 5.32 Å². The normalized spacial score (nSPS) is 13.0. The van der Waals surface area contributed by atoms with E-state index in [9.17, 15) is 26.7 Å². The molecule has 1 amide bonds. The minimum Gasteiger partial charge on any atom is -0.480 e. The van der Waals surface area contributed by atoms with Crippen LogP contribution in [0.25, 0.3) is 0 Å². The van der Waals surface area contributed by atoms with Gasteiger partial charge in [-0.15, -0.1) is 12.4 Å². The number of carbonyl (C=O) groups is 1. The SMILES string of the molecule is CC(Oc1ccccc1C(F)(F)F)C(=O)NCC(F)(F)CN.Cl. The van der Waals surface area contributed by atoms with Crippen LogP contribution in [0.1, 0.15) is 12.5 Å². The van der Waals surface area contributed by atoms with Crippen molar-refractivity contribution in [1.29, 1.82) is 0 Å². The molecule has 0 aliphatic heterocycles. The number of hydrogen-bond donors (Lipinski definition) is 2. The van der Waals surface area contributed by atoms with E-state index >= 15 is 0 Å². The molecule has 1 aromatic rings. The molecule has 0 aliphatic rings. The van der Waals surface area contributed by atoms with Gasteiger partial charge in [0.2, 0.25) is 0 Å². The molecule has 0 fully saturated rings. The summed E-state index contributed by atoms with van der Waals surface area (Å²) in [5, 5.41) is 1.88. The van der Waals surface area contributed by atoms with Gasteiger partial charge in [0.25, 0.3) is 11.8 Å². The lowest BCUT2D eigenvalue weighted by atomic mass is 10.2. The Kier molecular flexibility index (Phi) is 7.72. The molecule has 23 heavy (non-hydrogen) atoms. The van der Waals surface area contributed by atoms with Crippen molar-refractivity contribution < 1.29 is 31.5 Å². The molecule has 132 valence electrons. The van der Waals surface area contributed by atoms with Crippen LogP contribution in [0.5, 0.6) is 5.75 Å². The Morgan fingerprint density at radius 3 is 2.35 bits per heavy atom. The van der Waals surface area contributed by atoms with Crippen molar-refractivity contribution in [3.8, 4) is 5.75 Å². The first-order chi connectivity index (χ1) is 10.1. The van der Waals surface area contributed by atoms with E-state index in [0.29, 0.717) is 0 Å². The molecular formula is C13H16ClF5N2O2. The van der Waals surface area contributed by atoms with E-state index in [0.717, 1.165) is 19.1 Å². The van der Waals surface area contributed by atoms with E-state index in [1.54, 1.807) is 0 Å². The number of hydrogen-bond acceptors (Lipinski definition) is 3. The van der Waals surface area contributed by atoms with Crippen molar-refractivity contribution >= 4 is 18.3 Å². The van der Waals surface area contributed by atoms with Crippen molar-refractivity contribution in [1.82, 2.24) is 5.32 Å². The zero-order chi connectivity index (χ0) is 17.0. The molecule has 1 rings (SSSR count). The Balaban J connectivity index is 0.00000484. The summed E-state index contributed by atoms with van der Waals surface area (Å²) in [4.78, 5) is 11.6. The van der Waals surface area contributed by atoms with Gasteiger partial charge in [0, 0.05) is 0 Å². The molecule has 0 saturated carbocycles. The smallest absolute Gasteiger partial charge is 0.419 e. The van der Waals surface area contributed by atoms with Gasteiger partial charge in [0.05, 0.1) is 18.7 Å². The summed E-state index contributed by atoms with van der Waals surface area (Å²) in [5.41, 5.74) is 3.75. The summed E-state index contributed by atoms with van der Waals surface area (Å²) in [5.74, 6) is -4.81. The van der Waals surface area contributed by atoms with E-state index in [1.165, 1.54) is 12.1 Å². The lowest BCUT2D eigenvalue weighted by Crippen LogP contribution is -2.45. The fourth-order valence-electron chi connectivity index (χ4n) is 1.48. The first-order valence-electron chi connectivity index (χ1n) is 6.25. The monoisotopic (exact) mass is 362 g/mol. The van der Waals surface area contributed by atoms with Crippen molar-refractivity contribution in [2.45, 2.75) is 25.1 Å². The van der Waals surface area contributed by atoms with Crippen LogP contribution in [0.3, 0.4) is 0 Å². The van der Waals surface area contributed by atoms with Crippen LogP contribution in [0.15, 0.2) is 24.3 Å². The minimum atomic E-state index is -4.65. The number of benzene rings is 1. The zero-order valence-electron chi connectivity index (χ0n) is 12.0. The lowest BCUT2D eigenvalue weighted by molar-refractivity contribution is -0.140. The highest BCUT2D eigenvalue weighted by molar-refractivity contribution is 5.85. The second kappa shape index (κ2) is 8.30. The van der Waals surface area contributed by atoms with Crippen LogP contribution < -0.4 is 15.8 Å². The molecule has 0 bridgehead atoms. The molecule has 0 spiro atoms. The fourth-order valence-corrected chi connectivity index (χ4v) is 1.48. The van der Waals surface area contributed by atoms with Gasteiger partial charge in [-0.1, -0.05) is 12.1 Å². The number of ether oxygens (including phenoxy) is 1. The number of alkyl halides is 5. The average Bonchev–Trinajstić information content (AvgIpc) is 2.44. The summed E-state index contributed by atoms with van der Waals surface area (Å²) < 4.78 is 69.0. The maximum atomic E-state index is 12.9. The number of para-hydroxylation sites is 1. The predicted octanol–water partition coefficient (Wildman–Crippen LogP) is 2.60. The van der Waals surface area contributed by atoms with Crippen molar-refractivity contribution in [3.05, 3.63) is 29.8 Å². The van der Waals surface area contributed by atoms with E-state index in [4.69, 9.17) is 10.5 Å². The number of rotatable bonds is 6. The minimum absolute atomic E-state index is 0. The Hall–Kier alpha value is -1.61. The van der Waals surface area contributed by atoms with Crippen LogP contribution in [0.2, 0.25) is 0 Å². The highest BCUT2D eigenvalue weighted by Crippen LogP contribution is 2.36. The fraction of sp³-hybridized carbons (Fsp3) is 0.462. The maximum Gasteiger partial charge on any atom is 0.419 e. The van der Waals surface area contributed by atoms with Gasteiger partial charge in [-0.05, 0) is 19.1 Å². The van der Waals surface area contributed by atoms with Gasteiger partial charge < -0.3 is 15.8 Å². The quantitative estimate of drug-likeness (QED) is 0.765. The van der Waals surface area contributed by atoms with Crippen molar-refractivity contribution in [3.63, 3.8) is 0 Å². The number of carbonyl (C=O) groups excluding carboxylic acids is 1.